The first-order valence-corrected chi connectivity index (χ1v) is 11.3. The molecule has 0 spiro atoms. The van der Waals surface area contributed by atoms with E-state index < -0.39 is 17.7 Å². The Morgan fingerprint density at radius 3 is 2.64 bits per heavy atom. The van der Waals surface area contributed by atoms with E-state index in [2.05, 4.69) is 15.0 Å². The molecule has 0 fully saturated rings. The van der Waals surface area contributed by atoms with Crippen LogP contribution >= 0.6 is 0 Å². The summed E-state index contributed by atoms with van der Waals surface area (Å²) in [6.45, 7) is 1.70. The Kier molecular flexibility index (Phi) is 6.05. The van der Waals surface area contributed by atoms with Crippen molar-refractivity contribution in [3.05, 3.63) is 100 Å². The van der Waals surface area contributed by atoms with Crippen LogP contribution in [0.5, 0.6) is 5.88 Å². The second kappa shape index (κ2) is 9.33. The largest absolute Gasteiger partial charge is 0.481 e. The minimum atomic E-state index is -0.595. The zero-order valence-electron chi connectivity index (χ0n) is 19.7. The number of amides is 1. The van der Waals surface area contributed by atoms with Crippen molar-refractivity contribution in [2.24, 2.45) is 0 Å². The van der Waals surface area contributed by atoms with Crippen LogP contribution < -0.4 is 10.5 Å². The molecular formula is C27H23F2N5O2. The van der Waals surface area contributed by atoms with Crippen LogP contribution in [0.25, 0.3) is 11.3 Å². The number of hydrogen-bond donors (Lipinski definition) is 1. The molecule has 0 aliphatic carbocycles. The zero-order chi connectivity index (χ0) is 25.4. The van der Waals surface area contributed by atoms with Crippen molar-refractivity contribution in [2.45, 2.75) is 25.9 Å². The fourth-order valence-electron chi connectivity index (χ4n) is 4.65. The van der Waals surface area contributed by atoms with Crippen molar-refractivity contribution >= 4 is 11.9 Å². The van der Waals surface area contributed by atoms with Crippen LogP contribution in [-0.2, 0) is 13.0 Å². The molecule has 2 aromatic carbocycles. The third kappa shape index (κ3) is 4.24. The molecule has 0 radical (unpaired) electrons. The Labute approximate surface area is 206 Å². The summed E-state index contributed by atoms with van der Waals surface area (Å²) in [4.78, 5) is 28.4. The van der Waals surface area contributed by atoms with Gasteiger partial charge in [-0.1, -0.05) is 30.3 Å². The van der Waals surface area contributed by atoms with Crippen molar-refractivity contribution in [1.82, 2.24) is 19.9 Å². The number of methoxy groups -OCH3 is 1. The Balaban J connectivity index is 1.69. The average molecular weight is 488 g/mol. The molecule has 3 heterocycles. The van der Waals surface area contributed by atoms with Gasteiger partial charge < -0.3 is 15.4 Å². The number of halogens is 2. The topological polar surface area (TPSA) is 94.2 Å². The molecule has 2 N–H and O–H groups in total. The van der Waals surface area contributed by atoms with Gasteiger partial charge in [-0.15, -0.1) is 0 Å². The van der Waals surface area contributed by atoms with Gasteiger partial charge in [0.05, 0.1) is 35.8 Å². The molecule has 36 heavy (non-hydrogen) atoms. The predicted octanol–water partition coefficient (Wildman–Crippen LogP) is 4.66. The van der Waals surface area contributed by atoms with Crippen molar-refractivity contribution in [3.8, 4) is 17.1 Å². The van der Waals surface area contributed by atoms with Crippen LogP contribution in [0.2, 0.25) is 0 Å². The van der Waals surface area contributed by atoms with E-state index in [1.165, 1.54) is 25.3 Å². The third-order valence-corrected chi connectivity index (χ3v) is 6.30. The summed E-state index contributed by atoms with van der Waals surface area (Å²) < 4.78 is 34.4. The lowest BCUT2D eigenvalue weighted by molar-refractivity contribution is 0.0622. The fraction of sp³-hybridized carbons (Fsp3) is 0.185. The minimum Gasteiger partial charge on any atom is -0.481 e. The number of benzene rings is 2. The molecule has 0 bridgehead atoms. The van der Waals surface area contributed by atoms with Crippen LogP contribution in [0.15, 0.2) is 60.7 Å². The number of rotatable bonds is 5. The van der Waals surface area contributed by atoms with Gasteiger partial charge in [0.25, 0.3) is 5.91 Å². The van der Waals surface area contributed by atoms with Gasteiger partial charge in [-0.05, 0) is 36.8 Å². The summed E-state index contributed by atoms with van der Waals surface area (Å²) in [5.74, 6) is -0.796. The minimum absolute atomic E-state index is 0.00177. The summed E-state index contributed by atoms with van der Waals surface area (Å²) in [7, 11) is 1.50. The number of fused-ring (bicyclic) bond motifs is 1. The number of carbonyl (C=O) groups is 1. The number of pyridine rings is 1. The molecule has 7 nitrogen and oxygen atoms in total. The highest BCUT2D eigenvalue weighted by atomic mass is 19.1. The summed E-state index contributed by atoms with van der Waals surface area (Å²) in [6.07, 6.45) is 0.283. The lowest BCUT2D eigenvalue weighted by atomic mass is 9.88. The molecule has 1 atom stereocenters. The molecule has 5 rings (SSSR count). The van der Waals surface area contributed by atoms with E-state index in [1.54, 1.807) is 54.3 Å². The number of anilines is 1. The average Bonchev–Trinajstić information content (AvgIpc) is 2.86. The van der Waals surface area contributed by atoms with Crippen LogP contribution in [0.3, 0.4) is 0 Å². The highest BCUT2D eigenvalue weighted by Gasteiger charge is 2.37. The molecule has 1 aliphatic rings. The molecule has 0 saturated heterocycles. The molecular weight excluding hydrogens is 464 g/mol. The van der Waals surface area contributed by atoms with Crippen LogP contribution in [0.4, 0.5) is 14.7 Å². The van der Waals surface area contributed by atoms with Crippen molar-refractivity contribution < 1.29 is 18.3 Å². The molecule has 4 aromatic rings. The van der Waals surface area contributed by atoms with E-state index in [0.717, 1.165) is 0 Å². The maximum absolute atomic E-state index is 14.7. The molecule has 182 valence electrons. The molecule has 1 amide bonds. The normalized spacial score (nSPS) is 15.1. The molecule has 0 saturated carbocycles. The van der Waals surface area contributed by atoms with Gasteiger partial charge in [0.15, 0.2) is 0 Å². The second-order valence-corrected chi connectivity index (χ2v) is 8.53. The molecule has 9 heteroatoms. The zero-order valence-corrected chi connectivity index (χ0v) is 19.7. The SMILES string of the molecule is COc1cccc(-c2cc(F)ccc2C2Cc3nc(N)nc(C)c3C(=O)N2Cc2ccccc2F)n1. The van der Waals surface area contributed by atoms with Gasteiger partial charge in [-0.25, -0.2) is 23.7 Å². The standard InChI is InChI=1S/C27H23F2N5O2/c1-15-25-22(33-27(30)31-15)13-23(34(26(25)35)14-16-6-3-4-7-20(16)29)18-11-10-17(28)12-19(18)21-8-5-9-24(32-21)36-2/h3-12,23H,13-14H2,1-2H3,(H2,30,31,33). The summed E-state index contributed by atoms with van der Waals surface area (Å²) in [5, 5.41) is 0. The van der Waals surface area contributed by atoms with Crippen molar-refractivity contribution in [1.29, 1.82) is 0 Å². The van der Waals surface area contributed by atoms with E-state index in [0.29, 0.717) is 45.2 Å². The number of aromatic nitrogens is 3. The van der Waals surface area contributed by atoms with E-state index in [4.69, 9.17) is 10.5 Å². The molecule has 1 unspecified atom stereocenters. The monoisotopic (exact) mass is 487 g/mol. The third-order valence-electron chi connectivity index (χ3n) is 6.30. The number of hydrogen-bond acceptors (Lipinski definition) is 6. The van der Waals surface area contributed by atoms with Crippen LogP contribution in [0.1, 0.15) is 38.9 Å². The van der Waals surface area contributed by atoms with E-state index in [9.17, 15) is 13.6 Å². The first-order valence-electron chi connectivity index (χ1n) is 11.3. The number of aryl methyl sites for hydroxylation is 1. The quantitative estimate of drug-likeness (QED) is 0.440. The summed E-state index contributed by atoms with van der Waals surface area (Å²) >= 11 is 0. The molecule has 2 aromatic heterocycles. The number of nitrogens with two attached hydrogens (primary N) is 1. The van der Waals surface area contributed by atoms with Crippen molar-refractivity contribution in [2.75, 3.05) is 12.8 Å². The summed E-state index contributed by atoms with van der Waals surface area (Å²) in [6, 6.07) is 15.2. The fourth-order valence-corrected chi connectivity index (χ4v) is 4.65. The summed E-state index contributed by atoms with van der Waals surface area (Å²) in [5.41, 5.74) is 9.16. The van der Waals surface area contributed by atoms with E-state index in [1.807, 2.05) is 0 Å². The lowest BCUT2D eigenvalue weighted by Crippen LogP contribution is -2.41. The Hall–Kier alpha value is -4.40. The van der Waals surface area contributed by atoms with Gasteiger partial charge in [0, 0.05) is 30.2 Å². The Morgan fingerprint density at radius 2 is 1.86 bits per heavy atom. The van der Waals surface area contributed by atoms with Gasteiger partial charge in [0.1, 0.15) is 11.6 Å². The first-order chi connectivity index (χ1) is 17.4. The number of carbonyl (C=O) groups excluding carboxylic acids is 1. The maximum atomic E-state index is 14.7. The van der Waals surface area contributed by atoms with Gasteiger partial charge in [-0.3, -0.25) is 4.79 Å². The smallest absolute Gasteiger partial charge is 0.258 e. The van der Waals surface area contributed by atoms with E-state index in [-0.39, 0.29) is 24.8 Å². The van der Waals surface area contributed by atoms with Gasteiger partial charge in [-0.2, -0.15) is 0 Å². The van der Waals surface area contributed by atoms with Gasteiger partial charge in [0.2, 0.25) is 11.8 Å². The number of nitrogens with zero attached hydrogens (tertiary/aromatic N) is 4. The van der Waals surface area contributed by atoms with Gasteiger partial charge >= 0.3 is 0 Å². The Bertz CT molecular complexity index is 1480. The second-order valence-electron chi connectivity index (χ2n) is 8.53. The number of nitrogen functional groups attached to an aromatic ring is 1. The van der Waals surface area contributed by atoms with Crippen LogP contribution in [-0.4, -0.2) is 32.9 Å². The molecule has 1 aliphatic heterocycles. The maximum Gasteiger partial charge on any atom is 0.258 e. The highest BCUT2D eigenvalue weighted by molar-refractivity contribution is 5.98. The Morgan fingerprint density at radius 1 is 1.06 bits per heavy atom. The highest BCUT2D eigenvalue weighted by Crippen LogP contribution is 2.39. The van der Waals surface area contributed by atoms with Crippen LogP contribution in [0, 0.1) is 18.6 Å². The van der Waals surface area contributed by atoms with Crippen molar-refractivity contribution in [3.63, 3.8) is 0 Å². The number of ether oxygens (including phenoxy) is 1. The first kappa shape index (κ1) is 23.3. The lowest BCUT2D eigenvalue weighted by Gasteiger charge is -2.38. The predicted molar refractivity (Wildman–Crippen MR) is 130 cm³/mol. The van der Waals surface area contributed by atoms with E-state index >= 15 is 0 Å².